The molecule has 0 aliphatic heterocycles. The summed E-state index contributed by atoms with van der Waals surface area (Å²) < 4.78 is 34.7. The van der Waals surface area contributed by atoms with E-state index in [4.69, 9.17) is 9.47 Å². The molecule has 1 aromatic rings. The number of carbonyl (C=O) groups excluding carboxylic acids is 2. The quantitative estimate of drug-likeness (QED) is 0.739. The van der Waals surface area contributed by atoms with Gasteiger partial charge in [-0.1, -0.05) is 20.8 Å². The summed E-state index contributed by atoms with van der Waals surface area (Å²) >= 11 is 0. The molecule has 1 rings (SSSR count). The highest BCUT2D eigenvalue weighted by atomic mass is 32.2. The van der Waals surface area contributed by atoms with Crippen LogP contribution in [0.4, 0.5) is 0 Å². The third-order valence-corrected chi connectivity index (χ3v) is 3.83. The Morgan fingerprint density at radius 2 is 1.64 bits per heavy atom. The van der Waals surface area contributed by atoms with Crippen LogP contribution in [0, 0.1) is 5.41 Å². The first-order valence-corrected chi connectivity index (χ1v) is 9.28. The first kappa shape index (κ1) is 20.8. The van der Waals surface area contributed by atoms with Crippen molar-refractivity contribution in [3.8, 4) is 11.8 Å². The summed E-state index contributed by atoms with van der Waals surface area (Å²) in [5.41, 5.74) is -0.716. The van der Waals surface area contributed by atoms with Gasteiger partial charge in [-0.2, -0.15) is 9.97 Å². The molecule has 1 N–H and O–H groups in total. The summed E-state index contributed by atoms with van der Waals surface area (Å²) in [4.78, 5) is 32.9. The Balaban J connectivity index is 3.35. The molecule has 0 fully saturated rings. The number of rotatable bonds is 7. The average molecular weight is 373 g/mol. The Bertz CT molecular complexity index is 733. The van der Waals surface area contributed by atoms with Gasteiger partial charge in [0.15, 0.2) is 0 Å². The lowest BCUT2D eigenvalue weighted by molar-refractivity contribution is -0.130. The Hall–Kier alpha value is -2.23. The van der Waals surface area contributed by atoms with E-state index in [9.17, 15) is 18.0 Å². The van der Waals surface area contributed by atoms with Crippen LogP contribution in [-0.4, -0.2) is 50.6 Å². The standard InChI is InChI=1S/C15H23N3O6S/c1-15(2,3)10(19)7-9(14(20)18-25(6,21)22)13-16-11(23-4)8-12(17-13)24-5/h8-9H,7H2,1-6H3,(H,18,20). The lowest BCUT2D eigenvalue weighted by Crippen LogP contribution is -2.37. The van der Waals surface area contributed by atoms with Gasteiger partial charge in [0.2, 0.25) is 27.7 Å². The summed E-state index contributed by atoms with van der Waals surface area (Å²) in [6.07, 6.45) is 0.585. The van der Waals surface area contributed by atoms with Crippen LogP contribution >= 0.6 is 0 Å². The van der Waals surface area contributed by atoms with Crippen molar-refractivity contribution >= 4 is 21.7 Å². The molecule has 1 aromatic heterocycles. The fraction of sp³-hybridized carbons (Fsp3) is 0.600. The molecule has 1 heterocycles. The second kappa shape index (κ2) is 7.77. The molecule has 0 radical (unpaired) electrons. The van der Waals surface area contributed by atoms with Crippen molar-refractivity contribution in [2.45, 2.75) is 33.1 Å². The third-order valence-electron chi connectivity index (χ3n) is 3.25. The molecule has 0 saturated heterocycles. The molecule has 1 amide bonds. The number of ether oxygens (including phenoxy) is 2. The van der Waals surface area contributed by atoms with E-state index in [0.717, 1.165) is 6.26 Å². The number of nitrogens with zero attached hydrogens (tertiary/aromatic N) is 2. The Labute approximate surface area is 147 Å². The van der Waals surface area contributed by atoms with Crippen LogP contribution in [0.3, 0.4) is 0 Å². The van der Waals surface area contributed by atoms with Gasteiger partial charge in [-0.3, -0.25) is 14.3 Å². The average Bonchev–Trinajstić information content (AvgIpc) is 2.48. The van der Waals surface area contributed by atoms with E-state index in [1.165, 1.54) is 20.3 Å². The molecular weight excluding hydrogens is 350 g/mol. The number of hydrogen-bond acceptors (Lipinski definition) is 8. The van der Waals surface area contributed by atoms with E-state index in [2.05, 4.69) is 9.97 Å². The number of sulfonamides is 1. The highest BCUT2D eigenvalue weighted by molar-refractivity contribution is 7.89. The monoisotopic (exact) mass is 373 g/mol. The van der Waals surface area contributed by atoms with Crippen LogP contribution in [0.1, 0.15) is 38.9 Å². The molecule has 0 bridgehead atoms. The van der Waals surface area contributed by atoms with Gasteiger partial charge in [-0.05, 0) is 0 Å². The zero-order valence-corrected chi connectivity index (χ0v) is 15.9. The van der Waals surface area contributed by atoms with Crippen molar-refractivity contribution in [3.63, 3.8) is 0 Å². The van der Waals surface area contributed by atoms with Crippen molar-refractivity contribution in [1.82, 2.24) is 14.7 Å². The molecule has 0 aromatic carbocycles. The summed E-state index contributed by atoms with van der Waals surface area (Å²) in [5.74, 6) is -2.15. The van der Waals surface area contributed by atoms with Crippen LogP contribution in [0.2, 0.25) is 0 Å². The van der Waals surface area contributed by atoms with Crippen molar-refractivity contribution in [2.75, 3.05) is 20.5 Å². The molecule has 9 nitrogen and oxygen atoms in total. The Morgan fingerprint density at radius 3 is 2.00 bits per heavy atom. The molecule has 25 heavy (non-hydrogen) atoms. The molecule has 140 valence electrons. The first-order valence-electron chi connectivity index (χ1n) is 7.39. The maximum absolute atomic E-state index is 12.4. The minimum Gasteiger partial charge on any atom is -0.481 e. The maximum Gasteiger partial charge on any atom is 0.244 e. The topological polar surface area (TPSA) is 125 Å². The number of amides is 1. The highest BCUT2D eigenvalue weighted by Gasteiger charge is 2.33. The second-order valence-corrected chi connectivity index (χ2v) is 8.23. The van der Waals surface area contributed by atoms with E-state index in [1.807, 2.05) is 4.72 Å². The zero-order chi connectivity index (χ0) is 19.4. The van der Waals surface area contributed by atoms with Crippen LogP contribution in [0.25, 0.3) is 0 Å². The molecule has 1 unspecified atom stereocenters. The number of aromatic nitrogens is 2. The number of ketones is 1. The summed E-state index contributed by atoms with van der Waals surface area (Å²) in [6, 6.07) is 1.40. The number of Topliss-reactive ketones (excluding diaryl/α,β-unsaturated/α-hetero) is 1. The summed E-state index contributed by atoms with van der Waals surface area (Å²) in [6.45, 7) is 5.11. The molecule has 0 aliphatic carbocycles. The van der Waals surface area contributed by atoms with Gasteiger partial charge in [0.1, 0.15) is 17.5 Å². The lowest BCUT2D eigenvalue weighted by Gasteiger charge is -2.21. The molecule has 0 spiro atoms. The van der Waals surface area contributed by atoms with Gasteiger partial charge in [-0.25, -0.2) is 8.42 Å². The molecule has 0 aliphatic rings. The summed E-state index contributed by atoms with van der Waals surface area (Å²) in [5, 5.41) is 0. The van der Waals surface area contributed by atoms with Crippen LogP contribution in [-0.2, 0) is 19.6 Å². The van der Waals surface area contributed by atoms with Crippen molar-refractivity contribution in [2.24, 2.45) is 5.41 Å². The lowest BCUT2D eigenvalue weighted by atomic mass is 9.84. The van der Waals surface area contributed by atoms with Crippen molar-refractivity contribution in [3.05, 3.63) is 11.9 Å². The predicted molar refractivity (Wildman–Crippen MR) is 89.9 cm³/mol. The van der Waals surface area contributed by atoms with E-state index in [-0.39, 0.29) is 29.8 Å². The number of carbonyl (C=O) groups is 2. The Morgan fingerprint density at radius 1 is 1.16 bits per heavy atom. The normalized spacial score (nSPS) is 13.0. The first-order chi connectivity index (χ1) is 11.4. The third kappa shape index (κ3) is 6.29. The van der Waals surface area contributed by atoms with E-state index >= 15 is 0 Å². The molecule has 10 heteroatoms. The van der Waals surface area contributed by atoms with Crippen LogP contribution < -0.4 is 14.2 Å². The van der Waals surface area contributed by atoms with Gasteiger partial charge in [0, 0.05) is 11.8 Å². The van der Waals surface area contributed by atoms with Gasteiger partial charge >= 0.3 is 0 Å². The minimum atomic E-state index is -3.81. The van der Waals surface area contributed by atoms with Crippen molar-refractivity contribution in [1.29, 1.82) is 0 Å². The number of methoxy groups -OCH3 is 2. The molecule has 1 atom stereocenters. The van der Waals surface area contributed by atoms with Gasteiger partial charge in [0.25, 0.3) is 0 Å². The Kier molecular flexibility index (Phi) is 6.47. The molecule has 0 saturated carbocycles. The fourth-order valence-corrected chi connectivity index (χ4v) is 2.34. The zero-order valence-electron chi connectivity index (χ0n) is 15.1. The largest absolute Gasteiger partial charge is 0.481 e. The number of nitrogens with one attached hydrogen (secondary N) is 1. The van der Waals surface area contributed by atoms with E-state index < -0.39 is 27.3 Å². The second-order valence-electron chi connectivity index (χ2n) is 6.48. The van der Waals surface area contributed by atoms with Gasteiger partial charge in [-0.15, -0.1) is 0 Å². The summed E-state index contributed by atoms with van der Waals surface area (Å²) in [7, 11) is -1.06. The highest BCUT2D eigenvalue weighted by Crippen LogP contribution is 2.27. The predicted octanol–water partition coefficient (Wildman–Crippen LogP) is 0.659. The van der Waals surface area contributed by atoms with Crippen LogP contribution in [0.5, 0.6) is 11.8 Å². The van der Waals surface area contributed by atoms with Gasteiger partial charge in [0.05, 0.1) is 26.5 Å². The van der Waals surface area contributed by atoms with E-state index in [1.54, 1.807) is 20.8 Å². The minimum absolute atomic E-state index is 0.0602. The number of hydrogen-bond donors (Lipinski definition) is 1. The van der Waals surface area contributed by atoms with Crippen molar-refractivity contribution < 1.29 is 27.5 Å². The maximum atomic E-state index is 12.4. The van der Waals surface area contributed by atoms with Gasteiger partial charge < -0.3 is 9.47 Å². The SMILES string of the molecule is COc1cc(OC)nc(C(CC(=O)C(C)(C)C)C(=O)NS(C)(=O)=O)n1. The smallest absolute Gasteiger partial charge is 0.244 e. The van der Waals surface area contributed by atoms with Crippen LogP contribution in [0.15, 0.2) is 6.07 Å². The molecular formula is C15H23N3O6S. The fourth-order valence-electron chi connectivity index (χ4n) is 1.83. The van der Waals surface area contributed by atoms with E-state index in [0.29, 0.717) is 0 Å².